The van der Waals surface area contributed by atoms with Crippen molar-refractivity contribution in [3.63, 3.8) is 0 Å². The van der Waals surface area contributed by atoms with Crippen LogP contribution < -0.4 is 5.32 Å². The Morgan fingerprint density at radius 3 is 2.71 bits per heavy atom. The second kappa shape index (κ2) is 5.58. The molecule has 0 amide bonds. The van der Waals surface area contributed by atoms with E-state index in [2.05, 4.69) is 23.3 Å². The van der Waals surface area contributed by atoms with Gasteiger partial charge in [0.15, 0.2) is 0 Å². The van der Waals surface area contributed by atoms with Crippen LogP contribution in [0.25, 0.3) is 0 Å². The van der Waals surface area contributed by atoms with Crippen molar-refractivity contribution in [2.75, 3.05) is 0 Å². The van der Waals surface area contributed by atoms with Crippen molar-refractivity contribution < 1.29 is 0 Å². The van der Waals surface area contributed by atoms with Crippen molar-refractivity contribution in [1.29, 1.82) is 0 Å². The molecule has 90 valence electrons. The number of rotatable bonds is 4. The third-order valence-corrected chi connectivity index (χ3v) is 3.46. The average molecular weight is 269 g/mol. The van der Waals surface area contributed by atoms with Crippen LogP contribution >= 0.6 is 23.2 Å². The molecule has 0 aliphatic carbocycles. The van der Waals surface area contributed by atoms with Crippen molar-refractivity contribution in [1.82, 2.24) is 10.3 Å². The monoisotopic (exact) mass is 268 g/mol. The highest BCUT2D eigenvalue weighted by Gasteiger charge is 2.07. The molecule has 0 fully saturated rings. The number of benzene rings is 1. The van der Waals surface area contributed by atoms with E-state index in [0.29, 0.717) is 10.0 Å². The number of H-pyrrole nitrogens is 1. The summed E-state index contributed by atoms with van der Waals surface area (Å²) in [5.41, 5.74) is 2.37. The van der Waals surface area contributed by atoms with Crippen molar-refractivity contribution >= 4 is 23.2 Å². The van der Waals surface area contributed by atoms with Gasteiger partial charge >= 0.3 is 0 Å². The first-order valence-electron chi connectivity index (χ1n) is 5.47. The van der Waals surface area contributed by atoms with Gasteiger partial charge in [-0.1, -0.05) is 29.3 Å². The zero-order valence-electron chi connectivity index (χ0n) is 9.50. The van der Waals surface area contributed by atoms with Gasteiger partial charge in [0.05, 0.1) is 10.0 Å². The smallest absolute Gasteiger partial charge is 0.0595 e. The van der Waals surface area contributed by atoms with Crippen molar-refractivity contribution in [3.05, 3.63) is 57.8 Å². The van der Waals surface area contributed by atoms with Crippen LogP contribution in [0, 0.1) is 0 Å². The Labute approximate surface area is 111 Å². The molecule has 1 aromatic heterocycles. The molecule has 1 unspecified atom stereocenters. The fourth-order valence-electron chi connectivity index (χ4n) is 1.64. The summed E-state index contributed by atoms with van der Waals surface area (Å²) in [6, 6.07) is 8.00. The lowest BCUT2D eigenvalue weighted by Gasteiger charge is -2.14. The fourth-order valence-corrected chi connectivity index (χ4v) is 1.95. The predicted octanol–water partition coefficient (Wildman–Crippen LogP) is 4.17. The normalized spacial score (nSPS) is 12.6. The van der Waals surface area contributed by atoms with E-state index in [1.807, 2.05) is 30.6 Å². The van der Waals surface area contributed by atoms with Gasteiger partial charge in [-0.05, 0) is 36.2 Å². The summed E-state index contributed by atoms with van der Waals surface area (Å²) in [6.07, 6.45) is 3.90. The Bertz CT molecular complexity index is 480. The zero-order chi connectivity index (χ0) is 12.3. The number of halogens is 2. The summed E-state index contributed by atoms with van der Waals surface area (Å²) >= 11 is 11.9. The second-order valence-corrected chi connectivity index (χ2v) is 4.81. The van der Waals surface area contributed by atoms with Crippen LogP contribution in [-0.2, 0) is 6.54 Å². The summed E-state index contributed by atoms with van der Waals surface area (Å²) in [4.78, 5) is 3.03. The van der Waals surface area contributed by atoms with Crippen LogP contribution in [0.2, 0.25) is 10.0 Å². The Hall–Kier alpha value is -0.960. The second-order valence-electron chi connectivity index (χ2n) is 4.00. The minimum Gasteiger partial charge on any atom is -0.367 e. The summed E-state index contributed by atoms with van der Waals surface area (Å²) in [6.45, 7) is 2.93. The standard InChI is InChI=1S/C13H14Cl2N2/c1-9(17-8-10-4-5-16-7-10)11-2-3-12(14)13(15)6-11/h2-7,9,16-17H,8H2,1H3. The number of aromatic amines is 1. The highest BCUT2D eigenvalue weighted by atomic mass is 35.5. The molecule has 0 aliphatic heterocycles. The van der Waals surface area contributed by atoms with Gasteiger partial charge in [0.2, 0.25) is 0 Å². The van der Waals surface area contributed by atoms with Gasteiger partial charge in [0, 0.05) is 25.0 Å². The molecule has 0 saturated carbocycles. The van der Waals surface area contributed by atoms with E-state index in [4.69, 9.17) is 23.2 Å². The van der Waals surface area contributed by atoms with Gasteiger partial charge in [-0.15, -0.1) is 0 Å². The molecule has 2 aromatic rings. The maximum Gasteiger partial charge on any atom is 0.0595 e. The lowest BCUT2D eigenvalue weighted by atomic mass is 10.1. The summed E-state index contributed by atoms with van der Waals surface area (Å²) in [5.74, 6) is 0. The topological polar surface area (TPSA) is 27.8 Å². The maximum atomic E-state index is 5.99. The van der Waals surface area contributed by atoms with E-state index in [-0.39, 0.29) is 6.04 Å². The van der Waals surface area contributed by atoms with E-state index >= 15 is 0 Å². The van der Waals surface area contributed by atoms with Crippen LogP contribution in [0.3, 0.4) is 0 Å². The van der Waals surface area contributed by atoms with Crippen LogP contribution in [0.5, 0.6) is 0 Å². The Morgan fingerprint density at radius 1 is 1.24 bits per heavy atom. The highest BCUT2D eigenvalue weighted by molar-refractivity contribution is 6.42. The molecule has 17 heavy (non-hydrogen) atoms. The van der Waals surface area contributed by atoms with E-state index in [0.717, 1.165) is 12.1 Å². The molecular formula is C13H14Cl2N2. The van der Waals surface area contributed by atoms with E-state index in [1.165, 1.54) is 5.56 Å². The third kappa shape index (κ3) is 3.25. The number of hydrogen-bond acceptors (Lipinski definition) is 1. The zero-order valence-corrected chi connectivity index (χ0v) is 11.0. The largest absolute Gasteiger partial charge is 0.367 e. The molecule has 2 N–H and O–H groups in total. The summed E-state index contributed by atoms with van der Waals surface area (Å²) in [5, 5.41) is 4.61. The Morgan fingerprint density at radius 2 is 2.06 bits per heavy atom. The summed E-state index contributed by atoms with van der Waals surface area (Å²) < 4.78 is 0. The molecule has 2 nitrogen and oxygen atoms in total. The van der Waals surface area contributed by atoms with Crippen LogP contribution in [-0.4, -0.2) is 4.98 Å². The van der Waals surface area contributed by atoms with Crippen LogP contribution in [0.4, 0.5) is 0 Å². The molecule has 0 spiro atoms. The highest BCUT2D eigenvalue weighted by Crippen LogP contribution is 2.25. The molecular weight excluding hydrogens is 255 g/mol. The minimum absolute atomic E-state index is 0.236. The fraction of sp³-hybridized carbons (Fsp3) is 0.231. The van der Waals surface area contributed by atoms with Crippen LogP contribution in [0.1, 0.15) is 24.1 Å². The van der Waals surface area contributed by atoms with Gasteiger partial charge < -0.3 is 10.3 Å². The molecule has 1 aromatic carbocycles. The molecule has 0 saturated heterocycles. The van der Waals surface area contributed by atoms with E-state index < -0.39 is 0 Å². The van der Waals surface area contributed by atoms with Crippen molar-refractivity contribution in [2.24, 2.45) is 0 Å². The Balaban J connectivity index is 1.99. The first-order valence-corrected chi connectivity index (χ1v) is 6.22. The predicted molar refractivity (Wildman–Crippen MR) is 72.5 cm³/mol. The number of hydrogen-bond donors (Lipinski definition) is 2. The first-order chi connectivity index (χ1) is 8.16. The maximum absolute atomic E-state index is 5.99. The number of aromatic nitrogens is 1. The van der Waals surface area contributed by atoms with E-state index in [1.54, 1.807) is 0 Å². The first kappa shape index (κ1) is 12.5. The van der Waals surface area contributed by atoms with Gasteiger partial charge in [0.25, 0.3) is 0 Å². The minimum atomic E-state index is 0.236. The van der Waals surface area contributed by atoms with Crippen molar-refractivity contribution in [2.45, 2.75) is 19.5 Å². The average Bonchev–Trinajstić information content (AvgIpc) is 2.82. The molecule has 4 heteroatoms. The van der Waals surface area contributed by atoms with E-state index in [9.17, 15) is 0 Å². The third-order valence-electron chi connectivity index (χ3n) is 2.72. The molecule has 2 rings (SSSR count). The molecule has 1 heterocycles. The van der Waals surface area contributed by atoms with Gasteiger partial charge in [-0.25, -0.2) is 0 Å². The SMILES string of the molecule is CC(NCc1cc[nH]c1)c1ccc(Cl)c(Cl)c1. The lowest BCUT2D eigenvalue weighted by molar-refractivity contribution is 0.575. The molecule has 0 aliphatic rings. The molecule has 0 radical (unpaired) electrons. The van der Waals surface area contributed by atoms with Crippen molar-refractivity contribution in [3.8, 4) is 0 Å². The van der Waals surface area contributed by atoms with Gasteiger partial charge in [-0.2, -0.15) is 0 Å². The summed E-state index contributed by atoms with van der Waals surface area (Å²) in [7, 11) is 0. The van der Waals surface area contributed by atoms with Crippen LogP contribution in [0.15, 0.2) is 36.7 Å². The van der Waals surface area contributed by atoms with Gasteiger partial charge in [-0.3, -0.25) is 0 Å². The lowest BCUT2D eigenvalue weighted by Crippen LogP contribution is -2.17. The Kier molecular flexibility index (Phi) is 4.11. The molecule has 1 atom stereocenters. The van der Waals surface area contributed by atoms with Gasteiger partial charge in [0.1, 0.15) is 0 Å². The number of nitrogens with one attached hydrogen (secondary N) is 2. The quantitative estimate of drug-likeness (QED) is 0.856. The molecule has 0 bridgehead atoms.